The van der Waals surface area contributed by atoms with Crippen molar-refractivity contribution < 1.29 is 4.79 Å². The summed E-state index contributed by atoms with van der Waals surface area (Å²) in [6.07, 6.45) is 2.74. The molecule has 1 fully saturated rings. The van der Waals surface area contributed by atoms with Crippen molar-refractivity contribution in [1.29, 1.82) is 0 Å². The molecule has 3 rings (SSSR count). The summed E-state index contributed by atoms with van der Waals surface area (Å²) in [6, 6.07) is 10.1. The van der Waals surface area contributed by atoms with Gasteiger partial charge >= 0.3 is 0 Å². The second-order valence-electron chi connectivity index (χ2n) is 6.98. The normalized spacial score (nSPS) is 17.0. The number of para-hydroxylation sites is 1. The van der Waals surface area contributed by atoms with Gasteiger partial charge in [-0.15, -0.1) is 12.4 Å². The van der Waals surface area contributed by atoms with Gasteiger partial charge in [-0.2, -0.15) is 5.10 Å². The summed E-state index contributed by atoms with van der Waals surface area (Å²) in [5.41, 5.74) is 4.10. The molecule has 1 saturated heterocycles. The van der Waals surface area contributed by atoms with E-state index in [9.17, 15) is 4.79 Å². The maximum absolute atomic E-state index is 12.8. The topological polar surface area (TPSA) is 50.2 Å². The zero-order chi connectivity index (χ0) is 17.8. The second-order valence-corrected chi connectivity index (χ2v) is 6.98. The Labute approximate surface area is 162 Å². The summed E-state index contributed by atoms with van der Waals surface area (Å²) < 4.78 is 1.94. The van der Waals surface area contributed by atoms with E-state index in [4.69, 9.17) is 0 Å². The molecule has 2 aromatic rings. The minimum absolute atomic E-state index is 0. The predicted octanol–water partition coefficient (Wildman–Crippen LogP) is 2.91. The molecule has 0 saturated carbocycles. The van der Waals surface area contributed by atoms with E-state index in [2.05, 4.69) is 17.3 Å². The van der Waals surface area contributed by atoms with Gasteiger partial charge in [0, 0.05) is 24.3 Å². The molecular formula is C20H29ClN4O. The molecule has 1 aromatic carbocycles. The standard InChI is InChI=1S/C20H28N4O.ClH/c1-15-19(16(2)24(22-15)18-9-5-4-6-10-18)12-20(25)23-11-7-8-17(14-23)13-21-3;/h4-6,9-10,17,21H,7-8,11-14H2,1-3H3;1H. The van der Waals surface area contributed by atoms with E-state index in [-0.39, 0.29) is 18.3 Å². The van der Waals surface area contributed by atoms with Crippen molar-refractivity contribution in [1.82, 2.24) is 20.0 Å². The quantitative estimate of drug-likeness (QED) is 0.872. The molecule has 142 valence electrons. The first-order chi connectivity index (χ1) is 12.1. The van der Waals surface area contributed by atoms with E-state index in [1.165, 1.54) is 6.42 Å². The number of carbonyl (C=O) groups is 1. The van der Waals surface area contributed by atoms with Crippen LogP contribution in [-0.4, -0.2) is 47.3 Å². The zero-order valence-corrected chi connectivity index (χ0v) is 16.7. The number of benzene rings is 1. The highest BCUT2D eigenvalue weighted by atomic mass is 35.5. The Bertz CT molecular complexity index is 727. The number of halogens is 1. The Morgan fingerprint density at radius 3 is 2.69 bits per heavy atom. The monoisotopic (exact) mass is 376 g/mol. The summed E-state index contributed by atoms with van der Waals surface area (Å²) in [7, 11) is 1.98. The van der Waals surface area contributed by atoms with Crippen LogP contribution in [0.3, 0.4) is 0 Å². The SMILES string of the molecule is CNCC1CCCN(C(=O)Cc2c(C)nn(-c3ccccc3)c2C)C1.Cl. The molecule has 0 radical (unpaired) electrons. The lowest BCUT2D eigenvalue weighted by Crippen LogP contribution is -2.43. The summed E-state index contributed by atoms with van der Waals surface area (Å²) in [5.74, 6) is 0.788. The smallest absolute Gasteiger partial charge is 0.227 e. The first kappa shape index (κ1) is 20.5. The second kappa shape index (κ2) is 9.19. The molecule has 0 bridgehead atoms. The lowest BCUT2D eigenvalue weighted by atomic mass is 9.97. The van der Waals surface area contributed by atoms with Gasteiger partial charge in [0.25, 0.3) is 0 Å². The van der Waals surface area contributed by atoms with Gasteiger partial charge in [-0.05, 0) is 58.3 Å². The molecule has 1 aromatic heterocycles. The number of hydrogen-bond donors (Lipinski definition) is 1. The van der Waals surface area contributed by atoms with Gasteiger partial charge in [-0.25, -0.2) is 4.68 Å². The number of nitrogens with one attached hydrogen (secondary N) is 1. The molecule has 1 atom stereocenters. The van der Waals surface area contributed by atoms with Crippen molar-refractivity contribution in [3.05, 3.63) is 47.3 Å². The van der Waals surface area contributed by atoms with Crippen molar-refractivity contribution in [2.45, 2.75) is 33.1 Å². The third-order valence-corrected chi connectivity index (χ3v) is 5.13. The van der Waals surface area contributed by atoms with Crippen LogP contribution in [0.1, 0.15) is 29.8 Å². The number of rotatable bonds is 5. The van der Waals surface area contributed by atoms with Crippen LogP contribution < -0.4 is 5.32 Å². The van der Waals surface area contributed by atoms with Gasteiger partial charge in [0.15, 0.2) is 0 Å². The Hall–Kier alpha value is -1.85. The molecule has 1 aliphatic heterocycles. The average molecular weight is 377 g/mol. The van der Waals surface area contributed by atoms with Crippen molar-refractivity contribution in [3.8, 4) is 5.69 Å². The molecule has 6 heteroatoms. The Morgan fingerprint density at radius 1 is 1.27 bits per heavy atom. The van der Waals surface area contributed by atoms with E-state index in [1.54, 1.807) is 0 Å². The van der Waals surface area contributed by atoms with Crippen LogP contribution >= 0.6 is 12.4 Å². The van der Waals surface area contributed by atoms with Crippen molar-refractivity contribution >= 4 is 18.3 Å². The van der Waals surface area contributed by atoms with Crippen molar-refractivity contribution in [3.63, 3.8) is 0 Å². The molecule has 0 spiro atoms. The molecule has 2 heterocycles. The van der Waals surface area contributed by atoms with Gasteiger partial charge in [-0.3, -0.25) is 4.79 Å². The van der Waals surface area contributed by atoms with Crippen LogP contribution in [0.5, 0.6) is 0 Å². The van der Waals surface area contributed by atoms with E-state index in [1.807, 2.05) is 53.9 Å². The highest BCUT2D eigenvalue weighted by molar-refractivity contribution is 5.85. The first-order valence-corrected chi connectivity index (χ1v) is 9.13. The fourth-order valence-corrected chi connectivity index (χ4v) is 3.76. The summed E-state index contributed by atoms with van der Waals surface area (Å²) in [4.78, 5) is 14.9. The molecule has 1 aliphatic rings. The minimum Gasteiger partial charge on any atom is -0.342 e. The highest BCUT2D eigenvalue weighted by Gasteiger charge is 2.25. The molecule has 5 nitrogen and oxygen atoms in total. The van der Waals surface area contributed by atoms with Gasteiger partial charge in [0.05, 0.1) is 17.8 Å². The number of piperidine rings is 1. The number of carbonyl (C=O) groups excluding carboxylic acids is 1. The largest absolute Gasteiger partial charge is 0.342 e. The molecule has 1 amide bonds. The molecule has 26 heavy (non-hydrogen) atoms. The maximum Gasteiger partial charge on any atom is 0.227 e. The fourth-order valence-electron chi connectivity index (χ4n) is 3.76. The van der Waals surface area contributed by atoms with Crippen LogP contribution in [-0.2, 0) is 11.2 Å². The van der Waals surface area contributed by atoms with Gasteiger partial charge in [0.1, 0.15) is 0 Å². The molecule has 1 unspecified atom stereocenters. The van der Waals surface area contributed by atoms with Crippen LogP contribution in [0.2, 0.25) is 0 Å². The first-order valence-electron chi connectivity index (χ1n) is 9.13. The van der Waals surface area contributed by atoms with Gasteiger partial charge in [-0.1, -0.05) is 18.2 Å². The third kappa shape index (κ3) is 4.46. The third-order valence-electron chi connectivity index (χ3n) is 5.13. The highest BCUT2D eigenvalue weighted by Crippen LogP contribution is 2.21. The van der Waals surface area contributed by atoms with E-state index in [0.717, 1.165) is 48.7 Å². The van der Waals surface area contributed by atoms with Crippen LogP contribution in [0.4, 0.5) is 0 Å². The number of aryl methyl sites for hydroxylation is 1. The Kier molecular flexibility index (Phi) is 7.23. The van der Waals surface area contributed by atoms with E-state index < -0.39 is 0 Å². The minimum atomic E-state index is 0. The van der Waals surface area contributed by atoms with Gasteiger partial charge in [0.2, 0.25) is 5.91 Å². The predicted molar refractivity (Wildman–Crippen MR) is 107 cm³/mol. The van der Waals surface area contributed by atoms with Gasteiger partial charge < -0.3 is 10.2 Å². The molecule has 0 aliphatic carbocycles. The Balaban J connectivity index is 0.00000243. The van der Waals surface area contributed by atoms with Crippen LogP contribution in [0, 0.1) is 19.8 Å². The number of aromatic nitrogens is 2. The van der Waals surface area contributed by atoms with Crippen molar-refractivity contribution in [2.24, 2.45) is 5.92 Å². The maximum atomic E-state index is 12.8. The van der Waals surface area contributed by atoms with Crippen molar-refractivity contribution in [2.75, 3.05) is 26.7 Å². The number of likely N-dealkylation sites (tertiary alicyclic amines) is 1. The van der Waals surface area contributed by atoms with E-state index >= 15 is 0 Å². The lowest BCUT2D eigenvalue weighted by molar-refractivity contribution is -0.132. The van der Waals surface area contributed by atoms with E-state index in [0.29, 0.717) is 12.3 Å². The summed E-state index contributed by atoms with van der Waals surface area (Å²) >= 11 is 0. The lowest BCUT2D eigenvalue weighted by Gasteiger charge is -2.32. The summed E-state index contributed by atoms with van der Waals surface area (Å²) in [6.45, 7) is 6.77. The van der Waals surface area contributed by atoms with Crippen LogP contribution in [0.25, 0.3) is 5.69 Å². The van der Waals surface area contributed by atoms with Crippen LogP contribution in [0.15, 0.2) is 30.3 Å². The Morgan fingerprint density at radius 2 is 2.00 bits per heavy atom. The molecule has 1 N–H and O–H groups in total. The fraction of sp³-hybridized carbons (Fsp3) is 0.500. The number of nitrogens with zero attached hydrogens (tertiary/aromatic N) is 3. The number of amides is 1. The molecular weight excluding hydrogens is 348 g/mol. The zero-order valence-electron chi connectivity index (χ0n) is 15.9. The summed E-state index contributed by atoms with van der Waals surface area (Å²) in [5, 5.41) is 7.89. The average Bonchev–Trinajstić information content (AvgIpc) is 2.91. The number of hydrogen-bond acceptors (Lipinski definition) is 3.